The van der Waals surface area contributed by atoms with E-state index in [9.17, 15) is 0 Å². The van der Waals surface area contributed by atoms with Gasteiger partial charge in [0.1, 0.15) is 0 Å². The van der Waals surface area contributed by atoms with Gasteiger partial charge in [-0.2, -0.15) is 0 Å². The van der Waals surface area contributed by atoms with Crippen LogP contribution in [-0.4, -0.2) is 0 Å². The molecule has 0 nitrogen and oxygen atoms in total. The van der Waals surface area contributed by atoms with E-state index in [-0.39, 0.29) is 0 Å². The minimum Gasteiger partial charge on any atom is -0.116 e. The Bertz CT molecular complexity index is 514. The van der Waals surface area contributed by atoms with E-state index in [2.05, 4.69) is 36.6 Å². The zero-order chi connectivity index (χ0) is 12.6. The lowest BCUT2D eigenvalue weighted by molar-refractivity contribution is 1.41. The maximum Gasteiger partial charge on any atom is 0.0306 e. The Morgan fingerprint density at radius 3 is 1.83 bits per heavy atom. The van der Waals surface area contributed by atoms with Gasteiger partial charge in [0.25, 0.3) is 0 Å². The van der Waals surface area contributed by atoms with Gasteiger partial charge >= 0.3 is 0 Å². The molecule has 0 unspecified atom stereocenters. The zero-order valence-electron chi connectivity index (χ0n) is 10.3. The van der Waals surface area contributed by atoms with Gasteiger partial charge in [-0.15, -0.1) is 12.3 Å². The zero-order valence-corrected chi connectivity index (χ0v) is 10.3. The van der Waals surface area contributed by atoms with E-state index in [1.54, 1.807) is 0 Å². The van der Waals surface area contributed by atoms with Crippen LogP contribution >= 0.6 is 0 Å². The fraction of sp³-hybridized carbons (Fsp3) is 0.0556. The lowest BCUT2D eigenvalue weighted by Gasteiger charge is -2.05. The highest BCUT2D eigenvalue weighted by Gasteiger charge is 2.02. The molecule has 0 heterocycles. The van der Waals surface area contributed by atoms with Gasteiger partial charge in [0.15, 0.2) is 0 Å². The van der Waals surface area contributed by atoms with E-state index in [0.717, 1.165) is 12.0 Å². The summed E-state index contributed by atoms with van der Waals surface area (Å²) in [6, 6.07) is 20.7. The molecule has 0 atom stereocenters. The molecule has 0 bridgehead atoms. The predicted octanol–water partition coefficient (Wildman–Crippen LogP) is 4.85. The molecule has 0 saturated carbocycles. The number of benzene rings is 2. The van der Waals surface area contributed by atoms with Crippen LogP contribution in [0.2, 0.25) is 0 Å². The van der Waals surface area contributed by atoms with Crippen molar-refractivity contribution in [3.63, 3.8) is 0 Å². The first-order valence-electron chi connectivity index (χ1n) is 6.08. The first-order valence-corrected chi connectivity index (χ1v) is 6.08. The molecule has 0 aliphatic carbocycles. The second-order valence-corrected chi connectivity index (χ2v) is 3.98. The summed E-state index contributed by atoms with van der Waals surface area (Å²) >= 11 is 0. The van der Waals surface area contributed by atoms with Crippen LogP contribution in [0.5, 0.6) is 0 Å². The highest BCUT2D eigenvalue weighted by atomic mass is 14.0. The van der Waals surface area contributed by atoms with Crippen LogP contribution in [0.4, 0.5) is 0 Å². The van der Waals surface area contributed by atoms with Crippen molar-refractivity contribution < 1.29 is 0 Å². The van der Waals surface area contributed by atoms with Gasteiger partial charge < -0.3 is 0 Å². The molecule has 0 heteroatoms. The molecule has 0 aromatic heterocycles. The van der Waals surface area contributed by atoms with Gasteiger partial charge in [0.2, 0.25) is 0 Å². The Morgan fingerprint density at radius 1 is 0.889 bits per heavy atom. The van der Waals surface area contributed by atoms with Crippen LogP contribution in [0.15, 0.2) is 85.1 Å². The minimum absolute atomic E-state index is 0.836. The van der Waals surface area contributed by atoms with Crippen molar-refractivity contribution in [3.05, 3.63) is 96.3 Å². The number of allylic oxidation sites excluding steroid dienone is 2. The third kappa shape index (κ3) is 3.10. The molecule has 18 heavy (non-hydrogen) atoms. The summed E-state index contributed by atoms with van der Waals surface area (Å²) in [5.74, 6) is 0. The second kappa shape index (κ2) is 6.44. The average molecular weight is 232 g/mol. The monoisotopic (exact) mass is 232 g/mol. The Hall–Kier alpha value is -2.30. The molecule has 0 spiro atoms. The maximum atomic E-state index is 3.72. The number of hydrogen-bond donors (Lipinski definition) is 0. The molecular weight excluding hydrogens is 216 g/mol. The van der Waals surface area contributed by atoms with Gasteiger partial charge in [0.05, 0.1) is 0 Å². The lowest BCUT2D eigenvalue weighted by atomic mass is 9.99. The SMILES string of the molecule is C=CCC=C=C(c1ccccc1)c1ccccc1. The quantitative estimate of drug-likeness (QED) is 0.522. The summed E-state index contributed by atoms with van der Waals surface area (Å²) < 4.78 is 0. The van der Waals surface area contributed by atoms with Crippen LogP contribution < -0.4 is 0 Å². The molecule has 0 saturated heterocycles. The van der Waals surface area contributed by atoms with Crippen LogP contribution in [0, 0.1) is 0 Å². The third-order valence-corrected chi connectivity index (χ3v) is 2.66. The standard InChI is InChI=1S/C18H16/c1-2-3-6-15-18(16-11-7-4-8-12-16)17-13-9-5-10-14-17/h2,4-14H,1,3H2. The summed E-state index contributed by atoms with van der Waals surface area (Å²) in [6.07, 6.45) is 4.73. The van der Waals surface area contributed by atoms with Crippen LogP contribution in [0.1, 0.15) is 17.5 Å². The molecule has 0 radical (unpaired) electrons. The van der Waals surface area contributed by atoms with E-state index in [1.807, 2.05) is 48.6 Å². The Kier molecular flexibility index (Phi) is 4.35. The van der Waals surface area contributed by atoms with Crippen molar-refractivity contribution >= 4 is 5.57 Å². The normalized spacial score (nSPS) is 9.33. The van der Waals surface area contributed by atoms with Crippen molar-refractivity contribution in [2.24, 2.45) is 0 Å². The fourth-order valence-electron chi connectivity index (χ4n) is 1.79. The fourth-order valence-corrected chi connectivity index (χ4v) is 1.79. The average Bonchev–Trinajstić information content (AvgIpc) is 2.46. The first kappa shape index (κ1) is 12.2. The number of hydrogen-bond acceptors (Lipinski definition) is 0. The summed E-state index contributed by atoms with van der Waals surface area (Å²) in [4.78, 5) is 0. The van der Waals surface area contributed by atoms with E-state index < -0.39 is 0 Å². The third-order valence-electron chi connectivity index (χ3n) is 2.66. The molecule has 0 aliphatic rings. The Labute approximate surface area is 109 Å². The molecule has 2 aromatic carbocycles. The van der Waals surface area contributed by atoms with Gasteiger partial charge in [-0.1, -0.05) is 66.7 Å². The van der Waals surface area contributed by atoms with E-state index in [1.165, 1.54) is 11.1 Å². The summed E-state index contributed by atoms with van der Waals surface area (Å²) in [7, 11) is 0. The molecule has 0 N–H and O–H groups in total. The summed E-state index contributed by atoms with van der Waals surface area (Å²) in [6.45, 7) is 3.72. The van der Waals surface area contributed by atoms with Crippen molar-refractivity contribution in [3.8, 4) is 0 Å². The van der Waals surface area contributed by atoms with Crippen LogP contribution in [-0.2, 0) is 0 Å². The largest absolute Gasteiger partial charge is 0.116 e. The molecular formula is C18H16. The predicted molar refractivity (Wildman–Crippen MR) is 78.3 cm³/mol. The van der Waals surface area contributed by atoms with Gasteiger partial charge in [-0.05, 0) is 23.6 Å². The highest BCUT2D eigenvalue weighted by molar-refractivity contribution is 5.79. The summed E-state index contributed by atoms with van der Waals surface area (Å²) in [5, 5.41) is 0. The Morgan fingerprint density at radius 2 is 1.39 bits per heavy atom. The van der Waals surface area contributed by atoms with Crippen LogP contribution in [0.3, 0.4) is 0 Å². The molecule has 0 fully saturated rings. The van der Waals surface area contributed by atoms with Crippen molar-refractivity contribution in [1.29, 1.82) is 0 Å². The van der Waals surface area contributed by atoms with Gasteiger partial charge in [-0.25, -0.2) is 0 Å². The smallest absolute Gasteiger partial charge is 0.0306 e. The van der Waals surface area contributed by atoms with Crippen molar-refractivity contribution in [2.75, 3.05) is 0 Å². The highest BCUT2D eigenvalue weighted by Crippen LogP contribution is 2.21. The maximum absolute atomic E-state index is 3.72. The Balaban J connectivity index is 2.49. The van der Waals surface area contributed by atoms with Gasteiger partial charge in [-0.3, -0.25) is 0 Å². The van der Waals surface area contributed by atoms with E-state index in [0.29, 0.717) is 0 Å². The molecule has 0 amide bonds. The van der Waals surface area contributed by atoms with E-state index in [4.69, 9.17) is 0 Å². The van der Waals surface area contributed by atoms with Gasteiger partial charge in [0, 0.05) is 5.57 Å². The first-order chi connectivity index (χ1) is 8.92. The summed E-state index contributed by atoms with van der Waals surface area (Å²) in [5.41, 5.74) is 6.87. The van der Waals surface area contributed by atoms with Crippen molar-refractivity contribution in [1.82, 2.24) is 0 Å². The molecule has 0 aliphatic heterocycles. The molecule has 2 rings (SSSR count). The second-order valence-electron chi connectivity index (χ2n) is 3.98. The van der Waals surface area contributed by atoms with Crippen molar-refractivity contribution in [2.45, 2.75) is 6.42 Å². The minimum atomic E-state index is 0.836. The van der Waals surface area contributed by atoms with Crippen LogP contribution in [0.25, 0.3) is 5.57 Å². The molecule has 2 aromatic rings. The van der Waals surface area contributed by atoms with E-state index >= 15 is 0 Å². The number of rotatable bonds is 4. The molecule has 88 valence electrons. The topological polar surface area (TPSA) is 0 Å². The lowest BCUT2D eigenvalue weighted by Crippen LogP contribution is -1.85.